The van der Waals surface area contributed by atoms with E-state index in [1.54, 1.807) is 0 Å². The summed E-state index contributed by atoms with van der Waals surface area (Å²) in [5, 5.41) is 16.0. The Labute approximate surface area is 119 Å². The molecule has 2 aromatic heterocycles. The molecule has 0 radical (unpaired) electrons. The molecule has 1 unspecified atom stereocenters. The fraction of sp³-hybridized carbons (Fsp3) is 0.667. The van der Waals surface area contributed by atoms with Gasteiger partial charge in [0, 0.05) is 18.7 Å². The molecule has 1 atom stereocenters. The summed E-state index contributed by atoms with van der Waals surface area (Å²) < 4.78 is 2.25. The van der Waals surface area contributed by atoms with E-state index in [1.165, 1.54) is 12.8 Å². The maximum absolute atomic E-state index is 4.38. The quantitative estimate of drug-likeness (QED) is 0.869. The zero-order chi connectivity index (χ0) is 14.3. The molecule has 5 heteroatoms. The van der Waals surface area contributed by atoms with E-state index in [2.05, 4.69) is 45.7 Å². The lowest BCUT2D eigenvalue weighted by Crippen LogP contribution is -2.21. The van der Waals surface area contributed by atoms with Gasteiger partial charge in [-0.05, 0) is 37.2 Å². The van der Waals surface area contributed by atoms with Gasteiger partial charge >= 0.3 is 0 Å². The minimum Gasteiger partial charge on any atom is -0.310 e. The average Bonchev–Trinajstić information content (AvgIpc) is 2.88. The van der Waals surface area contributed by atoms with Gasteiger partial charge < -0.3 is 4.57 Å². The van der Waals surface area contributed by atoms with Crippen LogP contribution in [-0.2, 0) is 13.0 Å². The largest absolute Gasteiger partial charge is 0.310 e. The highest BCUT2D eigenvalue weighted by atomic mass is 15.3. The van der Waals surface area contributed by atoms with Crippen LogP contribution in [0.5, 0.6) is 0 Å². The Kier molecular flexibility index (Phi) is 3.15. The van der Waals surface area contributed by atoms with Crippen molar-refractivity contribution in [2.75, 3.05) is 0 Å². The predicted octanol–water partition coefficient (Wildman–Crippen LogP) is 2.98. The van der Waals surface area contributed by atoms with Crippen molar-refractivity contribution < 1.29 is 0 Å². The van der Waals surface area contributed by atoms with E-state index in [0.717, 1.165) is 41.9 Å². The lowest BCUT2D eigenvalue weighted by molar-refractivity contribution is 0.212. The number of hydrogen-bond acceptors (Lipinski definition) is 3. The van der Waals surface area contributed by atoms with Crippen molar-refractivity contribution in [1.82, 2.24) is 25.0 Å². The Morgan fingerprint density at radius 2 is 2.05 bits per heavy atom. The summed E-state index contributed by atoms with van der Waals surface area (Å²) in [6, 6.07) is 2.03. The van der Waals surface area contributed by atoms with Crippen LogP contribution >= 0.6 is 0 Å². The van der Waals surface area contributed by atoms with Crippen molar-refractivity contribution in [3.05, 3.63) is 17.6 Å². The normalized spacial score (nSPS) is 19.7. The zero-order valence-corrected chi connectivity index (χ0v) is 12.8. The highest BCUT2D eigenvalue weighted by Gasteiger charge is 2.28. The van der Waals surface area contributed by atoms with Crippen LogP contribution in [0.1, 0.15) is 45.1 Å². The third kappa shape index (κ3) is 2.37. The molecule has 5 nitrogen and oxygen atoms in total. The van der Waals surface area contributed by atoms with Gasteiger partial charge in [-0.15, -0.1) is 10.2 Å². The first-order valence-corrected chi connectivity index (χ1v) is 7.39. The van der Waals surface area contributed by atoms with E-state index >= 15 is 0 Å². The number of rotatable bonds is 1. The average molecular weight is 273 g/mol. The topological polar surface area (TPSA) is 59.4 Å². The van der Waals surface area contributed by atoms with Gasteiger partial charge in [0.1, 0.15) is 11.5 Å². The summed E-state index contributed by atoms with van der Waals surface area (Å²) in [4.78, 5) is 0. The zero-order valence-electron chi connectivity index (χ0n) is 12.8. The lowest BCUT2D eigenvalue weighted by atomic mass is 9.76. The third-order valence-corrected chi connectivity index (χ3v) is 4.40. The van der Waals surface area contributed by atoms with Crippen LogP contribution in [0, 0.1) is 18.3 Å². The maximum atomic E-state index is 4.38. The number of aromatic amines is 1. The van der Waals surface area contributed by atoms with Gasteiger partial charge in [0.2, 0.25) is 0 Å². The standard InChI is InChI=1S/C15H23N5/c1-10-9-12(17-16-10)14-19-18-13-6-5-11(15(2,3)4)7-8-20(13)14/h9,11H,5-8H2,1-4H3,(H,16,17). The Morgan fingerprint density at radius 3 is 2.70 bits per heavy atom. The Morgan fingerprint density at radius 1 is 1.25 bits per heavy atom. The van der Waals surface area contributed by atoms with Gasteiger partial charge in [0.05, 0.1) is 0 Å². The summed E-state index contributed by atoms with van der Waals surface area (Å²) in [7, 11) is 0. The number of H-pyrrole nitrogens is 1. The van der Waals surface area contributed by atoms with Crippen LogP contribution in [0.3, 0.4) is 0 Å². The fourth-order valence-corrected chi connectivity index (χ4v) is 3.08. The van der Waals surface area contributed by atoms with E-state index in [9.17, 15) is 0 Å². The van der Waals surface area contributed by atoms with E-state index in [1.807, 2.05) is 13.0 Å². The van der Waals surface area contributed by atoms with Gasteiger partial charge in [0.25, 0.3) is 0 Å². The predicted molar refractivity (Wildman–Crippen MR) is 78.2 cm³/mol. The molecule has 0 aliphatic carbocycles. The molecule has 0 fully saturated rings. The Hall–Kier alpha value is -1.65. The summed E-state index contributed by atoms with van der Waals surface area (Å²) in [5.74, 6) is 2.74. The third-order valence-electron chi connectivity index (χ3n) is 4.40. The summed E-state index contributed by atoms with van der Waals surface area (Å²) in [6.45, 7) is 10.0. The molecule has 3 rings (SSSR count). The molecular weight excluding hydrogens is 250 g/mol. The molecule has 1 aliphatic rings. The first-order valence-electron chi connectivity index (χ1n) is 7.39. The molecule has 0 amide bonds. The smallest absolute Gasteiger partial charge is 0.184 e. The van der Waals surface area contributed by atoms with Gasteiger partial charge in [-0.2, -0.15) is 5.10 Å². The maximum Gasteiger partial charge on any atom is 0.184 e. The molecule has 0 spiro atoms. The molecule has 1 aliphatic heterocycles. The summed E-state index contributed by atoms with van der Waals surface area (Å²) in [5.41, 5.74) is 2.31. The second kappa shape index (κ2) is 4.72. The highest BCUT2D eigenvalue weighted by molar-refractivity contribution is 5.49. The highest BCUT2D eigenvalue weighted by Crippen LogP contribution is 2.35. The van der Waals surface area contributed by atoms with E-state index < -0.39 is 0 Å². The molecule has 0 saturated carbocycles. The molecular formula is C15H23N5. The first-order chi connectivity index (χ1) is 9.45. The molecule has 20 heavy (non-hydrogen) atoms. The molecule has 3 heterocycles. The van der Waals surface area contributed by atoms with Crippen LogP contribution < -0.4 is 0 Å². The number of hydrogen-bond donors (Lipinski definition) is 1. The van der Waals surface area contributed by atoms with Gasteiger partial charge in [-0.3, -0.25) is 5.10 Å². The molecule has 1 N–H and O–H groups in total. The van der Waals surface area contributed by atoms with Crippen molar-refractivity contribution in [3.8, 4) is 11.5 Å². The van der Waals surface area contributed by atoms with Gasteiger partial charge in [-0.25, -0.2) is 0 Å². The van der Waals surface area contributed by atoms with Crippen molar-refractivity contribution in [3.63, 3.8) is 0 Å². The van der Waals surface area contributed by atoms with Crippen molar-refractivity contribution >= 4 is 0 Å². The SMILES string of the molecule is Cc1cc(-c2nnc3n2CCC(C(C)(C)C)CC3)n[nH]1. The fourth-order valence-electron chi connectivity index (χ4n) is 3.08. The number of nitrogens with one attached hydrogen (secondary N) is 1. The van der Waals surface area contributed by atoms with Crippen molar-refractivity contribution in [2.45, 2.75) is 53.5 Å². The molecule has 0 aromatic carbocycles. The number of fused-ring (bicyclic) bond motifs is 1. The Bertz CT molecular complexity index is 602. The second-order valence-corrected chi connectivity index (χ2v) is 6.92. The minimum absolute atomic E-state index is 0.362. The van der Waals surface area contributed by atoms with Crippen LogP contribution in [0.25, 0.3) is 11.5 Å². The van der Waals surface area contributed by atoms with E-state index in [4.69, 9.17) is 0 Å². The molecule has 108 valence electrons. The number of nitrogens with zero attached hydrogens (tertiary/aromatic N) is 4. The van der Waals surface area contributed by atoms with Crippen LogP contribution in [0.2, 0.25) is 0 Å². The van der Waals surface area contributed by atoms with Crippen molar-refractivity contribution in [1.29, 1.82) is 0 Å². The van der Waals surface area contributed by atoms with E-state index in [-0.39, 0.29) is 0 Å². The van der Waals surface area contributed by atoms with Crippen LogP contribution in [0.15, 0.2) is 6.07 Å². The number of aryl methyl sites for hydroxylation is 2. The van der Waals surface area contributed by atoms with Crippen LogP contribution in [-0.4, -0.2) is 25.0 Å². The lowest BCUT2D eigenvalue weighted by Gasteiger charge is -2.29. The van der Waals surface area contributed by atoms with Crippen LogP contribution in [0.4, 0.5) is 0 Å². The Balaban J connectivity index is 1.89. The van der Waals surface area contributed by atoms with Gasteiger partial charge in [0.15, 0.2) is 5.82 Å². The minimum atomic E-state index is 0.362. The second-order valence-electron chi connectivity index (χ2n) is 6.92. The molecule has 2 aromatic rings. The van der Waals surface area contributed by atoms with Gasteiger partial charge in [-0.1, -0.05) is 20.8 Å². The monoisotopic (exact) mass is 273 g/mol. The molecule has 0 bridgehead atoms. The number of aromatic nitrogens is 5. The summed E-state index contributed by atoms with van der Waals surface area (Å²) in [6.07, 6.45) is 3.39. The summed E-state index contributed by atoms with van der Waals surface area (Å²) >= 11 is 0. The molecule has 0 saturated heterocycles. The first kappa shape index (κ1) is 13.3. The van der Waals surface area contributed by atoms with E-state index in [0.29, 0.717) is 5.41 Å². The van der Waals surface area contributed by atoms with Crippen molar-refractivity contribution in [2.24, 2.45) is 11.3 Å².